The van der Waals surface area contributed by atoms with Gasteiger partial charge in [0.25, 0.3) is 0 Å². The van der Waals surface area contributed by atoms with Gasteiger partial charge in [0.05, 0.1) is 13.7 Å². The van der Waals surface area contributed by atoms with Crippen molar-refractivity contribution in [2.24, 2.45) is 0 Å². The Bertz CT molecular complexity index is 249. The van der Waals surface area contributed by atoms with Crippen molar-refractivity contribution in [1.29, 1.82) is 0 Å². The van der Waals surface area contributed by atoms with E-state index in [1.165, 1.54) is 19.5 Å². The summed E-state index contributed by atoms with van der Waals surface area (Å²) in [4.78, 5) is 10.6. The second-order valence-corrected chi connectivity index (χ2v) is 1.54. The van der Waals surface area contributed by atoms with Gasteiger partial charge in [0.2, 0.25) is 5.69 Å². The minimum absolute atomic E-state index is 0.285. The zero-order valence-electron chi connectivity index (χ0n) is 5.40. The molecular formula is C6H5N3O. The highest BCUT2D eigenvalue weighted by molar-refractivity contribution is 5.38. The first-order chi connectivity index (χ1) is 4.86. The van der Waals surface area contributed by atoms with E-state index < -0.39 is 0 Å². The van der Waals surface area contributed by atoms with Gasteiger partial charge in [0, 0.05) is 12.4 Å². The molecule has 0 N–H and O–H groups in total. The molecule has 0 aliphatic heterocycles. The van der Waals surface area contributed by atoms with Gasteiger partial charge in [-0.25, -0.2) is 14.8 Å². The number of aromatic nitrogens is 2. The minimum atomic E-state index is 0.285. The fourth-order valence-electron chi connectivity index (χ4n) is 0.473. The van der Waals surface area contributed by atoms with Crippen molar-refractivity contribution in [2.75, 3.05) is 7.11 Å². The zero-order chi connectivity index (χ0) is 7.40. The molecule has 1 heterocycles. The average molecular weight is 135 g/mol. The molecule has 0 atom stereocenters. The van der Waals surface area contributed by atoms with Crippen molar-refractivity contribution in [3.05, 3.63) is 23.8 Å². The summed E-state index contributed by atoms with van der Waals surface area (Å²) >= 11 is 0. The molecule has 0 aliphatic rings. The zero-order valence-corrected chi connectivity index (χ0v) is 5.40. The lowest BCUT2D eigenvalue weighted by atomic mass is 10.6. The van der Waals surface area contributed by atoms with Gasteiger partial charge in [0.1, 0.15) is 0 Å². The number of hydrogen-bond acceptors (Lipinski definition) is 3. The van der Waals surface area contributed by atoms with Crippen LogP contribution in [0.5, 0.6) is 6.01 Å². The van der Waals surface area contributed by atoms with E-state index >= 15 is 0 Å². The number of hydrogen-bond donors (Lipinski definition) is 0. The third-order valence-corrected chi connectivity index (χ3v) is 0.926. The van der Waals surface area contributed by atoms with Crippen LogP contribution >= 0.6 is 0 Å². The van der Waals surface area contributed by atoms with Gasteiger partial charge in [-0.2, -0.15) is 0 Å². The van der Waals surface area contributed by atoms with Gasteiger partial charge >= 0.3 is 6.01 Å². The van der Waals surface area contributed by atoms with E-state index in [0.29, 0.717) is 5.69 Å². The Morgan fingerprint density at radius 1 is 1.50 bits per heavy atom. The van der Waals surface area contributed by atoms with Crippen molar-refractivity contribution in [3.63, 3.8) is 0 Å². The lowest BCUT2D eigenvalue weighted by Gasteiger charge is -1.93. The van der Waals surface area contributed by atoms with Crippen molar-refractivity contribution in [3.8, 4) is 6.01 Å². The Hall–Kier alpha value is -1.63. The SMILES string of the molecule is [C-]#[N+]c1cnc(OC)nc1. The van der Waals surface area contributed by atoms with Crippen molar-refractivity contribution in [1.82, 2.24) is 9.97 Å². The fraction of sp³-hybridized carbons (Fsp3) is 0.167. The first kappa shape index (κ1) is 6.49. The van der Waals surface area contributed by atoms with Crippen LogP contribution < -0.4 is 4.74 Å². The summed E-state index contributed by atoms with van der Waals surface area (Å²) in [5.41, 5.74) is 0.417. The lowest BCUT2D eigenvalue weighted by Crippen LogP contribution is -1.88. The van der Waals surface area contributed by atoms with Gasteiger partial charge < -0.3 is 4.74 Å². The second kappa shape index (κ2) is 2.78. The third-order valence-electron chi connectivity index (χ3n) is 0.926. The molecule has 50 valence electrons. The van der Waals surface area contributed by atoms with Crippen LogP contribution in [0.4, 0.5) is 5.69 Å². The summed E-state index contributed by atoms with van der Waals surface area (Å²) in [7, 11) is 1.48. The molecular weight excluding hydrogens is 130 g/mol. The predicted octanol–water partition coefficient (Wildman–Crippen LogP) is 1.04. The highest BCUT2D eigenvalue weighted by Gasteiger charge is 1.92. The Labute approximate surface area is 58.3 Å². The summed E-state index contributed by atoms with van der Waals surface area (Å²) in [6.07, 6.45) is 2.83. The maximum absolute atomic E-state index is 6.58. The van der Waals surface area contributed by atoms with E-state index in [9.17, 15) is 0 Å². The summed E-state index contributed by atoms with van der Waals surface area (Å²) in [5.74, 6) is 0. The molecule has 1 rings (SSSR count). The molecule has 0 bridgehead atoms. The Morgan fingerprint density at radius 3 is 2.50 bits per heavy atom. The van der Waals surface area contributed by atoms with Gasteiger partial charge in [0.15, 0.2) is 0 Å². The average Bonchev–Trinajstić information content (AvgIpc) is 2.05. The maximum Gasteiger partial charge on any atom is 0.313 e. The summed E-state index contributed by atoms with van der Waals surface area (Å²) < 4.78 is 4.69. The van der Waals surface area contributed by atoms with Crippen molar-refractivity contribution >= 4 is 5.69 Å². The van der Waals surface area contributed by atoms with E-state index in [0.717, 1.165) is 0 Å². The highest BCUT2D eigenvalue weighted by Crippen LogP contribution is 2.08. The molecule has 0 amide bonds. The smallest absolute Gasteiger partial charge is 0.313 e. The van der Waals surface area contributed by atoms with Gasteiger partial charge in [-0.1, -0.05) is 0 Å². The van der Waals surface area contributed by atoms with Crippen LogP contribution in [0.2, 0.25) is 0 Å². The summed E-state index contributed by atoms with van der Waals surface area (Å²) in [6, 6.07) is 0.285. The van der Waals surface area contributed by atoms with Crippen LogP contribution in [0.15, 0.2) is 12.4 Å². The number of nitrogens with zero attached hydrogens (tertiary/aromatic N) is 3. The number of rotatable bonds is 1. The van der Waals surface area contributed by atoms with E-state index in [2.05, 4.69) is 19.5 Å². The first-order valence-electron chi connectivity index (χ1n) is 2.60. The van der Waals surface area contributed by atoms with Crippen LogP contribution in [-0.4, -0.2) is 17.1 Å². The Morgan fingerprint density at radius 2 is 2.10 bits per heavy atom. The van der Waals surface area contributed by atoms with Gasteiger partial charge in [-0.3, -0.25) is 0 Å². The van der Waals surface area contributed by atoms with E-state index in [1.807, 2.05) is 0 Å². The topological polar surface area (TPSA) is 39.4 Å². The van der Waals surface area contributed by atoms with Crippen LogP contribution in [-0.2, 0) is 0 Å². The third kappa shape index (κ3) is 1.20. The predicted molar refractivity (Wildman–Crippen MR) is 34.8 cm³/mol. The molecule has 0 radical (unpaired) electrons. The lowest BCUT2D eigenvalue weighted by molar-refractivity contribution is 0.380. The fourth-order valence-corrected chi connectivity index (χ4v) is 0.473. The molecule has 1 aromatic heterocycles. The molecule has 4 nitrogen and oxygen atoms in total. The first-order valence-corrected chi connectivity index (χ1v) is 2.60. The molecule has 4 heteroatoms. The molecule has 1 aromatic rings. The molecule has 0 saturated heterocycles. The second-order valence-electron chi connectivity index (χ2n) is 1.54. The van der Waals surface area contributed by atoms with Crippen LogP contribution in [0.3, 0.4) is 0 Å². The van der Waals surface area contributed by atoms with Gasteiger partial charge in [-0.15, -0.1) is 0 Å². The Kier molecular flexibility index (Phi) is 1.80. The Balaban J connectivity index is 2.93. The molecule has 0 saturated carbocycles. The molecule has 0 aliphatic carbocycles. The highest BCUT2D eigenvalue weighted by atomic mass is 16.5. The number of ether oxygens (including phenoxy) is 1. The van der Waals surface area contributed by atoms with Crippen LogP contribution in [0, 0.1) is 6.57 Å². The quantitative estimate of drug-likeness (QED) is 0.540. The van der Waals surface area contributed by atoms with E-state index in [1.54, 1.807) is 0 Å². The largest absolute Gasteiger partial charge is 0.467 e. The number of methoxy groups -OCH3 is 1. The molecule has 0 spiro atoms. The molecule has 0 fully saturated rings. The van der Waals surface area contributed by atoms with Gasteiger partial charge in [-0.05, 0) is 0 Å². The van der Waals surface area contributed by atoms with Crippen LogP contribution in [0.1, 0.15) is 0 Å². The molecule has 0 unspecified atom stereocenters. The molecule has 0 aromatic carbocycles. The van der Waals surface area contributed by atoms with E-state index in [4.69, 9.17) is 6.57 Å². The monoisotopic (exact) mass is 135 g/mol. The van der Waals surface area contributed by atoms with E-state index in [-0.39, 0.29) is 6.01 Å². The van der Waals surface area contributed by atoms with Crippen molar-refractivity contribution in [2.45, 2.75) is 0 Å². The summed E-state index contributed by atoms with van der Waals surface area (Å²) in [5, 5.41) is 0. The molecule has 10 heavy (non-hydrogen) atoms. The standard InChI is InChI=1S/C6H5N3O/c1-7-5-3-8-6(10-2)9-4-5/h3-4H,2H3. The summed E-state index contributed by atoms with van der Waals surface area (Å²) in [6.45, 7) is 6.58. The van der Waals surface area contributed by atoms with Crippen molar-refractivity contribution < 1.29 is 4.74 Å². The normalized spacial score (nSPS) is 8.40. The maximum atomic E-state index is 6.58. The van der Waals surface area contributed by atoms with Crippen LogP contribution in [0.25, 0.3) is 4.85 Å². The minimum Gasteiger partial charge on any atom is -0.467 e.